The highest BCUT2D eigenvalue weighted by atomic mass is 19.0. The maximum absolute atomic E-state index is 11.5. The summed E-state index contributed by atoms with van der Waals surface area (Å²) in [5.74, 6) is 0. The van der Waals surface area contributed by atoms with Crippen LogP contribution in [0.25, 0.3) is 0 Å². The molecule has 2 amide bonds. The molecule has 86 valence electrons. The van der Waals surface area contributed by atoms with Crippen molar-refractivity contribution in [3.8, 4) is 0 Å². The fraction of sp³-hybridized carbons (Fsp3) is 0.900. The average Bonchev–Trinajstić information content (AvgIpc) is 2.14. The van der Waals surface area contributed by atoms with E-state index < -0.39 is 0 Å². The first-order chi connectivity index (χ1) is 6.26. The van der Waals surface area contributed by atoms with Crippen LogP contribution in [-0.2, 0) is 0 Å². The number of hydrogen-bond donors (Lipinski definition) is 1. The second-order valence-electron chi connectivity index (χ2n) is 3.22. The second-order valence-corrected chi connectivity index (χ2v) is 3.22. The molecule has 0 aromatic rings. The molecule has 0 bridgehead atoms. The molecule has 0 radical (unpaired) electrons. The topological polar surface area (TPSA) is 32.3 Å². The van der Waals surface area contributed by atoms with E-state index in [4.69, 9.17) is 0 Å². The summed E-state index contributed by atoms with van der Waals surface area (Å²) in [6.07, 6.45) is 3.05. The summed E-state index contributed by atoms with van der Waals surface area (Å²) in [6.45, 7) is 8.76. The summed E-state index contributed by atoms with van der Waals surface area (Å²) < 4.78 is 0. The maximum atomic E-state index is 11.5. The zero-order chi connectivity index (χ0) is 10.1. The second kappa shape index (κ2) is 10.3. The third-order valence-electron chi connectivity index (χ3n) is 1.80. The minimum atomic E-state index is 0. The lowest BCUT2D eigenvalue weighted by molar-refractivity contribution is 0.198. The van der Waals surface area contributed by atoms with Gasteiger partial charge in [0, 0.05) is 19.6 Å². The van der Waals surface area contributed by atoms with Gasteiger partial charge in [0.25, 0.3) is 0 Å². The third kappa shape index (κ3) is 6.69. The van der Waals surface area contributed by atoms with Gasteiger partial charge in [-0.1, -0.05) is 20.8 Å². The van der Waals surface area contributed by atoms with Gasteiger partial charge in [-0.3, -0.25) is 4.70 Å². The molecule has 0 saturated carbocycles. The van der Waals surface area contributed by atoms with Gasteiger partial charge in [0.1, 0.15) is 0 Å². The smallest absolute Gasteiger partial charge is 0.317 e. The van der Waals surface area contributed by atoms with Gasteiger partial charge in [0.2, 0.25) is 0 Å². The van der Waals surface area contributed by atoms with E-state index in [0.717, 1.165) is 38.9 Å². The van der Waals surface area contributed by atoms with Crippen LogP contribution in [0.15, 0.2) is 0 Å². The summed E-state index contributed by atoms with van der Waals surface area (Å²) in [6, 6.07) is 0.0885. The van der Waals surface area contributed by atoms with Gasteiger partial charge in [0.15, 0.2) is 0 Å². The van der Waals surface area contributed by atoms with Gasteiger partial charge in [-0.2, -0.15) is 0 Å². The SMILES string of the molecule is CCCNC(=O)N(CCC)CCC.F. The Balaban J connectivity index is 0. The maximum Gasteiger partial charge on any atom is 0.317 e. The molecule has 0 saturated heterocycles. The Labute approximate surface area is 86.2 Å². The van der Waals surface area contributed by atoms with Crippen LogP contribution < -0.4 is 5.32 Å². The van der Waals surface area contributed by atoms with Crippen LogP contribution in [0.3, 0.4) is 0 Å². The lowest BCUT2D eigenvalue weighted by Crippen LogP contribution is -2.41. The molecule has 0 unspecified atom stereocenters. The molecule has 0 spiro atoms. The van der Waals surface area contributed by atoms with Crippen LogP contribution in [0, 0.1) is 0 Å². The van der Waals surface area contributed by atoms with Crippen molar-refractivity contribution in [2.24, 2.45) is 0 Å². The fourth-order valence-corrected chi connectivity index (χ4v) is 1.20. The van der Waals surface area contributed by atoms with Crippen molar-refractivity contribution in [1.82, 2.24) is 10.2 Å². The van der Waals surface area contributed by atoms with Crippen LogP contribution >= 0.6 is 0 Å². The quantitative estimate of drug-likeness (QED) is 0.711. The van der Waals surface area contributed by atoms with E-state index in [0.29, 0.717) is 0 Å². The normalized spacial score (nSPS) is 9.07. The summed E-state index contributed by atoms with van der Waals surface area (Å²) in [7, 11) is 0. The first kappa shape index (κ1) is 15.7. The van der Waals surface area contributed by atoms with Crippen molar-refractivity contribution in [3.63, 3.8) is 0 Å². The summed E-state index contributed by atoms with van der Waals surface area (Å²) in [4.78, 5) is 13.4. The lowest BCUT2D eigenvalue weighted by atomic mass is 10.3. The zero-order valence-corrected chi connectivity index (χ0v) is 9.51. The predicted octanol–water partition coefficient (Wildman–Crippen LogP) is 2.38. The molecule has 0 aliphatic heterocycles. The van der Waals surface area contributed by atoms with Crippen molar-refractivity contribution in [1.29, 1.82) is 0 Å². The molecule has 4 heteroatoms. The van der Waals surface area contributed by atoms with E-state index in [1.165, 1.54) is 0 Å². The van der Waals surface area contributed by atoms with Gasteiger partial charge in [-0.15, -0.1) is 0 Å². The Morgan fingerprint density at radius 1 is 1.07 bits per heavy atom. The fourth-order valence-electron chi connectivity index (χ4n) is 1.20. The Morgan fingerprint density at radius 3 is 1.93 bits per heavy atom. The van der Waals surface area contributed by atoms with Gasteiger partial charge in [-0.25, -0.2) is 4.79 Å². The van der Waals surface area contributed by atoms with Gasteiger partial charge < -0.3 is 10.2 Å². The molecule has 0 atom stereocenters. The minimum absolute atomic E-state index is 0. The molecule has 0 aromatic carbocycles. The third-order valence-corrected chi connectivity index (χ3v) is 1.80. The lowest BCUT2D eigenvalue weighted by Gasteiger charge is -2.21. The highest BCUT2D eigenvalue weighted by Crippen LogP contribution is 1.94. The number of urea groups is 1. The molecule has 0 rings (SSSR count). The van der Waals surface area contributed by atoms with Crippen LogP contribution in [0.5, 0.6) is 0 Å². The molecule has 1 N–H and O–H groups in total. The molecule has 14 heavy (non-hydrogen) atoms. The largest absolute Gasteiger partial charge is 0.338 e. The number of carbonyl (C=O) groups is 1. The average molecular weight is 206 g/mol. The van der Waals surface area contributed by atoms with E-state index in [1.54, 1.807) is 0 Å². The van der Waals surface area contributed by atoms with Gasteiger partial charge >= 0.3 is 6.03 Å². The van der Waals surface area contributed by atoms with Crippen molar-refractivity contribution in [2.75, 3.05) is 19.6 Å². The van der Waals surface area contributed by atoms with Crippen molar-refractivity contribution in [2.45, 2.75) is 40.0 Å². The molecule has 0 aliphatic carbocycles. The molecular formula is C10H23FN2O. The van der Waals surface area contributed by atoms with Crippen molar-refractivity contribution in [3.05, 3.63) is 0 Å². The highest BCUT2D eigenvalue weighted by Gasteiger charge is 2.09. The van der Waals surface area contributed by atoms with Gasteiger partial charge in [-0.05, 0) is 19.3 Å². The monoisotopic (exact) mass is 206 g/mol. The number of hydrogen-bond acceptors (Lipinski definition) is 1. The van der Waals surface area contributed by atoms with E-state index >= 15 is 0 Å². The number of rotatable bonds is 6. The number of halogens is 1. The highest BCUT2D eigenvalue weighted by molar-refractivity contribution is 5.74. The first-order valence-electron chi connectivity index (χ1n) is 5.29. The summed E-state index contributed by atoms with van der Waals surface area (Å²) >= 11 is 0. The Morgan fingerprint density at radius 2 is 1.57 bits per heavy atom. The van der Waals surface area contributed by atoms with E-state index in [-0.39, 0.29) is 10.7 Å². The molecule has 0 aromatic heterocycles. The van der Waals surface area contributed by atoms with Crippen LogP contribution in [0.2, 0.25) is 0 Å². The van der Waals surface area contributed by atoms with Crippen molar-refractivity contribution >= 4 is 6.03 Å². The van der Waals surface area contributed by atoms with E-state index in [1.807, 2.05) is 4.90 Å². The van der Waals surface area contributed by atoms with Gasteiger partial charge in [0.05, 0.1) is 0 Å². The minimum Gasteiger partial charge on any atom is -0.338 e. The number of nitrogens with one attached hydrogen (secondary N) is 1. The number of nitrogens with zero attached hydrogens (tertiary/aromatic N) is 1. The molecule has 0 heterocycles. The first-order valence-corrected chi connectivity index (χ1v) is 5.29. The molecule has 0 fully saturated rings. The van der Waals surface area contributed by atoms with Crippen LogP contribution in [0.4, 0.5) is 9.50 Å². The number of amides is 2. The number of carbonyl (C=O) groups excluding carboxylic acids is 1. The predicted molar refractivity (Wildman–Crippen MR) is 58.3 cm³/mol. The van der Waals surface area contributed by atoms with E-state index in [9.17, 15) is 4.79 Å². The standard InChI is InChI=1S/C10H22N2O.FH/c1-4-7-11-10(13)12(8-5-2)9-6-3;/h4-9H2,1-3H3,(H,11,13);1H. The van der Waals surface area contributed by atoms with E-state index in [2.05, 4.69) is 26.1 Å². The van der Waals surface area contributed by atoms with Crippen molar-refractivity contribution < 1.29 is 9.50 Å². The Kier molecular flexibility index (Phi) is 11.5. The summed E-state index contributed by atoms with van der Waals surface area (Å²) in [5, 5.41) is 2.89. The summed E-state index contributed by atoms with van der Waals surface area (Å²) in [5.41, 5.74) is 0. The molecule has 3 nitrogen and oxygen atoms in total. The molecular weight excluding hydrogens is 183 g/mol. The Bertz CT molecular complexity index is 136. The zero-order valence-electron chi connectivity index (χ0n) is 9.51. The Hall–Kier alpha value is -0.800. The van der Waals surface area contributed by atoms with Crippen LogP contribution in [0.1, 0.15) is 40.0 Å². The van der Waals surface area contributed by atoms with Crippen LogP contribution in [-0.4, -0.2) is 30.6 Å². The molecule has 0 aliphatic rings.